The van der Waals surface area contributed by atoms with E-state index in [9.17, 15) is 19.5 Å². The lowest BCUT2D eigenvalue weighted by Crippen LogP contribution is -2.52. The fraction of sp³-hybridized carbons (Fsp3) is 0.474. The molecular weight excluding hydrogens is 382 g/mol. The summed E-state index contributed by atoms with van der Waals surface area (Å²) in [7, 11) is 0. The minimum Gasteiger partial charge on any atom is -0.480 e. The van der Waals surface area contributed by atoms with Crippen molar-refractivity contribution < 1.29 is 24.2 Å². The third-order valence-electron chi connectivity index (χ3n) is 3.85. The molecule has 2 N–H and O–H groups in total. The summed E-state index contributed by atoms with van der Waals surface area (Å²) in [5.74, 6) is -1.46. The summed E-state index contributed by atoms with van der Waals surface area (Å²) in [5, 5.41) is 21.2. The summed E-state index contributed by atoms with van der Waals surface area (Å²) in [6.07, 6.45) is 2.38. The Balaban J connectivity index is 3.03. The van der Waals surface area contributed by atoms with Gasteiger partial charge in [0.15, 0.2) is 0 Å². The third kappa shape index (κ3) is 7.21. The molecule has 0 unspecified atom stereocenters. The van der Waals surface area contributed by atoms with Crippen LogP contribution >= 0.6 is 11.8 Å². The lowest BCUT2D eigenvalue weighted by atomic mass is 10.1. The smallest absolute Gasteiger partial charge is 0.323 e. The van der Waals surface area contributed by atoms with E-state index in [1.54, 1.807) is 43.8 Å². The Morgan fingerprint density at radius 1 is 1.39 bits per heavy atom. The average Bonchev–Trinajstić information content (AvgIpc) is 2.68. The number of amides is 1. The number of carboxylic acid groups (broad SMARTS) is 1. The van der Waals surface area contributed by atoms with E-state index in [0.717, 1.165) is 4.90 Å². The average molecular weight is 407 g/mol. The number of hydrogen-bond acceptors (Lipinski definition) is 7. The number of hydrogen-bond donors (Lipinski definition) is 2. The van der Waals surface area contributed by atoms with Crippen LogP contribution in [0.3, 0.4) is 0 Å². The predicted molar refractivity (Wildman–Crippen MR) is 107 cm³/mol. The van der Waals surface area contributed by atoms with Crippen molar-refractivity contribution in [2.45, 2.75) is 32.4 Å². The van der Waals surface area contributed by atoms with Crippen molar-refractivity contribution in [3.8, 4) is 6.07 Å². The maximum absolute atomic E-state index is 12.9. The van der Waals surface area contributed by atoms with Gasteiger partial charge in [-0.25, -0.2) is 0 Å². The zero-order valence-corrected chi connectivity index (χ0v) is 17.0. The van der Waals surface area contributed by atoms with Gasteiger partial charge in [-0.1, -0.05) is 6.07 Å². The van der Waals surface area contributed by atoms with Crippen LogP contribution in [0, 0.1) is 11.3 Å². The number of nitrogens with one attached hydrogen (secondary N) is 1. The van der Waals surface area contributed by atoms with Gasteiger partial charge in [-0.3, -0.25) is 24.6 Å². The Morgan fingerprint density at radius 3 is 2.68 bits per heavy atom. The zero-order chi connectivity index (χ0) is 21.1. The van der Waals surface area contributed by atoms with E-state index in [-0.39, 0.29) is 6.61 Å². The van der Waals surface area contributed by atoms with E-state index in [1.165, 1.54) is 6.07 Å². The fourth-order valence-electron chi connectivity index (χ4n) is 2.53. The van der Waals surface area contributed by atoms with Crippen molar-refractivity contribution in [1.29, 1.82) is 5.26 Å². The minimum atomic E-state index is -1.19. The first-order chi connectivity index (χ1) is 13.3. The lowest BCUT2D eigenvalue weighted by molar-refractivity contribution is -0.146. The number of carbonyl (C=O) groups is 3. The first kappa shape index (κ1) is 23.5. The number of anilines is 1. The van der Waals surface area contributed by atoms with Crippen LogP contribution in [0.15, 0.2) is 24.3 Å². The molecule has 0 radical (unpaired) electrons. The molecule has 9 heteroatoms. The monoisotopic (exact) mass is 407 g/mol. The molecule has 1 amide bonds. The van der Waals surface area contributed by atoms with Crippen molar-refractivity contribution in [3.05, 3.63) is 29.8 Å². The molecule has 0 aliphatic rings. The number of nitrogens with zero attached hydrogens (tertiary/aromatic N) is 2. The highest BCUT2D eigenvalue weighted by atomic mass is 32.2. The second-order valence-corrected chi connectivity index (χ2v) is 6.94. The molecule has 1 aromatic rings. The molecule has 0 saturated carbocycles. The number of thioether (sulfide) groups is 1. The summed E-state index contributed by atoms with van der Waals surface area (Å²) in [6.45, 7) is 2.94. The Bertz CT molecular complexity index is 735. The topological polar surface area (TPSA) is 120 Å². The van der Waals surface area contributed by atoms with Gasteiger partial charge in [-0.15, -0.1) is 0 Å². The molecule has 0 heterocycles. The largest absolute Gasteiger partial charge is 0.480 e. The summed E-state index contributed by atoms with van der Waals surface area (Å²) < 4.78 is 5.06. The molecule has 28 heavy (non-hydrogen) atoms. The number of carbonyl (C=O) groups excluding carboxylic acids is 2. The molecule has 0 fully saturated rings. The van der Waals surface area contributed by atoms with Crippen molar-refractivity contribution in [1.82, 2.24) is 5.32 Å². The number of ether oxygens (including phenoxy) is 1. The Morgan fingerprint density at radius 2 is 2.11 bits per heavy atom. The van der Waals surface area contributed by atoms with E-state index in [2.05, 4.69) is 5.32 Å². The van der Waals surface area contributed by atoms with Crippen LogP contribution in [0.25, 0.3) is 0 Å². The minimum absolute atomic E-state index is 0.227. The number of carboxylic acids is 1. The van der Waals surface area contributed by atoms with Gasteiger partial charge in [0.05, 0.1) is 24.3 Å². The van der Waals surface area contributed by atoms with Gasteiger partial charge in [0.2, 0.25) is 5.91 Å². The number of rotatable bonds is 11. The van der Waals surface area contributed by atoms with Gasteiger partial charge < -0.3 is 9.84 Å². The van der Waals surface area contributed by atoms with Crippen LogP contribution in [0.5, 0.6) is 0 Å². The van der Waals surface area contributed by atoms with Gasteiger partial charge in [-0.2, -0.15) is 17.0 Å². The highest BCUT2D eigenvalue weighted by molar-refractivity contribution is 7.98. The number of aliphatic carboxylic acids is 1. The van der Waals surface area contributed by atoms with Crippen molar-refractivity contribution in [2.75, 3.05) is 30.1 Å². The third-order valence-corrected chi connectivity index (χ3v) is 4.49. The van der Waals surface area contributed by atoms with Crippen LogP contribution in [0.1, 0.15) is 25.8 Å². The van der Waals surface area contributed by atoms with Crippen LogP contribution in [0.4, 0.5) is 5.69 Å². The van der Waals surface area contributed by atoms with E-state index >= 15 is 0 Å². The molecule has 8 nitrogen and oxygen atoms in total. The van der Waals surface area contributed by atoms with E-state index < -0.39 is 36.5 Å². The first-order valence-electron chi connectivity index (χ1n) is 8.79. The van der Waals surface area contributed by atoms with Crippen LogP contribution in [-0.2, 0) is 19.1 Å². The molecule has 1 aromatic carbocycles. The molecule has 0 aliphatic carbocycles. The first-order valence-corrected chi connectivity index (χ1v) is 10.2. The summed E-state index contributed by atoms with van der Waals surface area (Å²) in [5.41, 5.74) is 0.613. The molecule has 152 valence electrons. The zero-order valence-electron chi connectivity index (χ0n) is 16.2. The SMILES string of the molecule is CCOC(=O)[C@H](CCSC)N[C@@H](C)C(=O)N(CC(=O)O)c1cccc(C#N)c1. The van der Waals surface area contributed by atoms with Crippen LogP contribution in [0.2, 0.25) is 0 Å². The number of esters is 1. The molecule has 0 bridgehead atoms. The van der Waals surface area contributed by atoms with Gasteiger partial charge >= 0.3 is 11.9 Å². The van der Waals surface area contributed by atoms with E-state index in [0.29, 0.717) is 23.4 Å². The molecule has 0 saturated heterocycles. The summed E-state index contributed by atoms with van der Waals surface area (Å²) in [6, 6.07) is 6.60. The second-order valence-electron chi connectivity index (χ2n) is 5.95. The Kier molecular flexibility index (Phi) is 10.1. The predicted octanol–water partition coefficient (Wildman–Crippen LogP) is 1.64. The summed E-state index contributed by atoms with van der Waals surface area (Å²) in [4.78, 5) is 37.4. The maximum Gasteiger partial charge on any atom is 0.323 e. The van der Waals surface area contributed by atoms with Gasteiger partial charge in [0.25, 0.3) is 0 Å². The summed E-state index contributed by atoms with van der Waals surface area (Å²) >= 11 is 1.57. The normalized spacial score (nSPS) is 12.5. The quantitative estimate of drug-likeness (QED) is 0.531. The van der Waals surface area contributed by atoms with Crippen molar-refractivity contribution in [3.63, 3.8) is 0 Å². The number of nitriles is 1. The molecule has 2 atom stereocenters. The molecule has 0 spiro atoms. The standard InChI is InChI=1S/C19H25N3O5S/c1-4-27-19(26)16(8-9-28-3)21-13(2)18(25)22(12-17(23)24)15-7-5-6-14(10-15)11-20/h5-7,10,13,16,21H,4,8-9,12H2,1-3H3,(H,23,24)/t13-,16-/m0/s1. The lowest BCUT2D eigenvalue weighted by Gasteiger charge is -2.27. The van der Waals surface area contributed by atoms with Crippen LogP contribution < -0.4 is 10.2 Å². The van der Waals surface area contributed by atoms with Gasteiger partial charge in [0.1, 0.15) is 12.6 Å². The number of benzene rings is 1. The maximum atomic E-state index is 12.9. The highest BCUT2D eigenvalue weighted by Gasteiger charge is 2.29. The highest BCUT2D eigenvalue weighted by Crippen LogP contribution is 2.17. The Hall–Kier alpha value is -2.57. The van der Waals surface area contributed by atoms with Crippen molar-refractivity contribution in [2.24, 2.45) is 0 Å². The van der Waals surface area contributed by atoms with Gasteiger partial charge in [-0.05, 0) is 50.5 Å². The Labute approximate surface area is 168 Å². The van der Waals surface area contributed by atoms with Crippen LogP contribution in [-0.4, -0.2) is 60.2 Å². The molecule has 1 rings (SSSR count). The molecule has 0 aromatic heterocycles. The van der Waals surface area contributed by atoms with Crippen molar-refractivity contribution >= 4 is 35.3 Å². The second kappa shape index (κ2) is 12.0. The fourth-order valence-corrected chi connectivity index (χ4v) is 3.00. The van der Waals surface area contributed by atoms with Gasteiger partial charge in [0, 0.05) is 5.69 Å². The van der Waals surface area contributed by atoms with E-state index in [1.807, 2.05) is 12.3 Å². The molecule has 0 aliphatic heterocycles. The van der Waals surface area contributed by atoms with E-state index in [4.69, 9.17) is 10.00 Å². The molecular formula is C19H25N3O5S.